The molecule has 0 aliphatic carbocycles. The summed E-state index contributed by atoms with van der Waals surface area (Å²) < 4.78 is 5.18. The standard InChI is InChI=1S/C19H25ClN4O2/c1-19(2,3)26-18(25)23-11-4-10-21-13-14-5-7-15(8-6-14)16-9-12-22-17(20)24-16/h5-9,12,21H,4,10-11,13H2,1-3H3,(H,23,25). The first-order valence-corrected chi connectivity index (χ1v) is 8.97. The number of amides is 1. The monoisotopic (exact) mass is 376 g/mol. The van der Waals surface area contributed by atoms with Crippen LogP contribution in [0.4, 0.5) is 4.79 Å². The summed E-state index contributed by atoms with van der Waals surface area (Å²) in [4.78, 5) is 19.6. The molecule has 0 radical (unpaired) electrons. The first-order chi connectivity index (χ1) is 12.3. The number of ether oxygens (including phenoxy) is 1. The molecule has 0 aliphatic rings. The molecule has 2 rings (SSSR count). The van der Waals surface area contributed by atoms with Gasteiger partial charge in [-0.05, 0) is 57.0 Å². The molecule has 0 spiro atoms. The molecule has 140 valence electrons. The van der Waals surface area contributed by atoms with Gasteiger partial charge in [0.1, 0.15) is 5.60 Å². The number of hydrogen-bond acceptors (Lipinski definition) is 5. The number of nitrogens with one attached hydrogen (secondary N) is 2. The van der Waals surface area contributed by atoms with Gasteiger partial charge in [0.05, 0.1) is 5.69 Å². The maximum atomic E-state index is 11.5. The highest BCUT2D eigenvalue weighted by Gasteiger charge is 2.15. The van der Waals surface area contributed by atoms with Gasteiger partial charge in [0.2, 0.25) is 5.28 Å². The molecule has 1 amide bonds. The molecule has 1 aromatic carbocycles. The van der Waals surface area contributed by atoms with Crippen molar-refractivity contribution in [2.24, 2.45) is 0 Å². The molecule has 26 heavy (non-hydrogen) atoms. The van der Waals surface area contributed by atoms with Crippen LogP contribution in [-0.2, 0) is 11.3 Å². The van der Waals surface area contributed by atoms with E-state index in [0.29, 0.717) is 6.54 Å². The lowest BCUT2D eigenvalue weighted by atomic mass is 10.1. The highest BCUT2D eigenvalue weighted by Crippen LogP contribution is 2.18. The molecule has 1 aromatic heterocycles. The minimum Gasteiger partial charge on any atom is -0.444 e. The molecular weight excluding hydrogens is 352 g/mol. The van der Waals surface area contributed by atoms with Crippen LogP contribution in [0.3, 0.4) is 0 Å². The summed E-state index contributed by atoms with van der Waals surface area (Å²) in [5, 5.41) is 6.34. The van der Waals surface area contributed by atoms with Gasteiger partial charge in [-0.3, -0.25) is 0 Å². The zero-order valence-electron chi connectivity index (χ0n) is 15.4. The Morgan fingerprint density at radius 1 is 1.15 bits per heavy atom. The quantitative estimate of drug-likeness (QED) is 0.567. The molecule has 0 aliphatic heterocycles. The molecule has 0 bridgehead atoms. The topological polar surface area (TPSA) is 76.1 Å². The SMILES string of the molecule is CC(C)(C)OC(=O)NCCCNCc1ccc(-c2ccnc(Cl)n2)cc1. The number of halogens is 1. The zero-order valence-corrected chi connectivity index (χ0v) is 16.1. The second kappa shape index (κ2) is 9.50. The molecule has 6 nitrogen and oxygen atoms in total. The second-order valence-corrected chi connectivity index (χ2v) is 7.20. The van der Waals surface area contributed by atoms with Crippen LogP contribution in [0.15, 0.2) is 36.5 Å². The Morgan fingerprint density at radius 2 is 1.88 bits per heavy atom. The largest absolute Gasteiger partial charge is 0.444 e. The van der Waals surface area contributed by atoms with Crippen LogP contribution >= 0.6 is 11.6 Å². The van der Waals surface area contributed by atoms with Crippen molar-refractivity contribution in [3.63, 3.8) is 0 Å². The number of benzene rings is 1. The predicted octanol–water partition coefficient (Wildman–Crippen LogP) is 3.80. The Labute approximate surface area is 159 Å². The van der Waals surface area contributed by atoms with E-state index in [1.54, 1.807) is 6.20 Å². The van der Waals surface area contributed by atoms with Gasteiger partial charge >= 0.3 is 6.09 Å². The predicted molar refractivity (Wildman–Crippen MR) is 103 cm³/mol. The van der Waals surface area contributed by atoms with E-state index in [4.69, 9.17) is 16.3 Å². The lowest BCUT2D eigenvalue weighted by molar-refractivity contribution is 0.0527. The van der Waals surface area contributed by atoms with E-state index in [1.165, 1.54) is 5.56 Å². The maximum Gasteiger partial charge on any atom is 0.407 e. The van der Waals surface area contributed by atoms with Crippen molar-refractivity contribution in [1.82, 2.24) is 20.6 Å². The van der Waals surface area contributed by atoms with E-state index in [9.17, 15) is 4.79 Å². The summed E-state index contributed by atoms with van der Waals surface area (Å²) >= 11 is 5.82. The first kappa shape index (κ1) is 20.1. The number of nitrogens with zero attached hydrogens (tertiary/aromatic N) is 2. The van der Waals surface area contributed by atoms with Crippen LogP contribution < -0.4 is 10.6 Å². The number of aromatic nitrogens is 2. The molecule has 0 saturated carbocycles. The van der Waals surface area contributed by atoms with Crippen molar-refractivity contribution in [2.45, 2.75) is 39.3 Å². The van der Waals surface area contributed by atoms with Crippen molar-refractivity contribution in [3.05, 3.63) is 47.4 Å². The summed E-state index contributed by atoms with van der Waals surface area (Å²) in [5.74, 6) is 0. The van der Waals surface area contributed by atoms with Crippen LogP contribution in [0.5, 0.6) is 0 Å². The Bertz CT molecular complexity index is 714. The highest BCUT2D eigenvalue weighted by molar-refractivity contribution is 6.28. The van der Waals surface area contributed by atoms with Gasteiger partial charge < -0.3 is 15.4 Å². The van der Waals surface area contributed by atoms with Crippen LogP contribution in [0.2, 0.25) is 5.28 Å². The Kier molecular flexibility index (Phi) is 7.36. The third-order valence-corrected chi connectivity index (χ3v) is 3.59. The molecule has 1 heterocycles. The van der Waals surface area contributed by atoms with Gasteiger partial charge in [0, 0.05) is 24.8 Å². The minimum absolute atomic E-state index is 0.244. The van der Waals surface area contributed by atoms with Crippen molar-refractivity contribution >= 4 is 17.7 Å². The summed E-state index contributed by atoms with van der Waals surface area (Å²) in [7, 11) is 0. The number of carbonyl (C=O) groups excluding carboxylic acids is 1. The minimum atomic E-state index is -0.467. The average Bonchev–Trinajstić information content (AvgIpc) is 2.57. The fourth-order valence-corrected chi connectivity index (χ4v) is 2.39. The fourth-order valence-electron chi connectivity index (χ4n) is 2.24. The third-order valence-electron chi connectivity index (χ3n) is 3.40. The molecule has 0 fully saturated rings. The third kappa shape index (κ3) is 7.37. The smallest absolute Gasteiger partial charge is 0.407 e. The highest BCUT2D eigenvalue weighted by atomic mass is 35.5. The van der Waals surface area contributed by atoms with Crippen molar-refractivity contribution < 1.29 is 9.53 Å². The van der Waals surface area contributed by atoms with Crippen molar-refractivity contribution in [2.75, 3.05) is 13.1 Å². The molecule has 2 aromatic rings. The second-order valence-electron chi connectivity index (χ2n) is 6.87. The van der Waals surface area contributed by atoms with Crippen molar-refractivity contribution in [3.8, 4) is 11.3 Å². The van der Waals surface area contributed by atoms with Gasteiger partial charge in [0.25, 0.3) is 0 Å². The summed E-state index contributed by atoms with van der Waals surface area (Å²) in [6.45, 7) is 7.68. The molecule has 0 unspecified atom stereocenters. The zero-order chi connectivity index (χ0) is 19.0. The summed E-state index contributed by atoms with van der Waals surface area (Å²) in [6.07, 6.45) is 2.10. The van der Waals surface area contributed by atoms with Crippen LogP contribution in [-0.4, -0.2) is 34.8 Å². The average molecular weight is 377 g/mol. The van der Waals surface area contributed by atoms with Crippen LogP contribution in [0.25, 0.3) is 11.3 Å². The van der Waals surface area contributed by atoms with Crippen molar-refractivity contribution in [1.29, 1.82) is 0 Å². The lowest BCUT2D eigenvalue weighted by Crippen LogP contribution is -2.33. The van der Waals surface area contributed by atoms with Gasteiger partial charge in [-0.15, -0.1) is 0 Å². The van der Waals surface area contributed by atoms with E-state index >= 15 is 0 Å². The summed E-state index contributed by atoms with van der Waals surface area (Å²) in [5.41, 5.74) is 2.51. The Hall–Kier alpha value is -2.18. The van der Waals surface area contributed by atoms with Gasteiger partial charge in [-0.2, -0.15) is 0 Å². The maximum absolute atomic E-state index is 11.5. The Morgan fingerprint density at radius 3 is 2.54 bits per heavy atom. The first-order valence-electron chi connectivity index (χ1n) is 8.59. The van der Waals surface area contributed by atoms with E-state index in [1.807, 2.05) is 39.0 Å². The number of alkyl carbamates (subject to hydrolysis) is 1. The van der Waals surface area contributed by atoms with E-state index in [-0.39, 0.29) is 11.4 Å². The molecule has 7 heteroatoms. The van der Waals surface area contributed by atoms with Gasteiger partial charge in [-0.1, -0.05) is 24.3 Å². The normalized spacial score (nSPS) is 11.2. The van der Waals surface area contributed by atoms with Gasteiger partial charge in [0.15, 0.2) is 0 Å². The number of rotatable bonds is 7. The number of hydrogen-bond donors (Lipinski definition) is 2. The van der Waals surface area contributed by atoms with E-state index in [0.717, 1.165) is 30.8 Å². The van der Waals surface area contributed by atoms with Crippen LogP contribution in [0.1, 0.15) is 32.8 Å². The fraction of sp³-hybridized carbons (Fsp3) is 0.421. The summed E-state index contributed by atoms with van der Waals surface area (Å²) in [6, 6.07) is 9.96. The molecule has 2 N–H and O–H groups in total. The lowest BCUT2D eigenvalue weighted by Gasteiger charge is -2.19. The molecule has 0 atom stereocenters. The Balaban J connectivity index is 1.67. The number of carbonyl (C=O) groups is 1. The van der Waals surface area contributed by atoms with Gasteiger partial charge in [-0.25, -0.2) is 14.8 Å². The van der Waals surface area contributed by atoms with E-state index < -0.39 is 5.60 Å². The molecule has 0 saturated heterocycles. The van der Waals surface area contributed by atoms with E-state index in [2.05, 4.69) is 32.7 Å². The molecular formula is C19H25ClN4O2. The van der Waals surface area contributed by atoms with Crippen LogP contribution in [0, 0.1) is 0 Å².